The number of likely N-dealkylation sites (tertiary alicyclic amines) is 1. The van der Waals surface area contributed by atoms with Crippen LogP contribution in [0.15, 0.2) is 35.1 Å². The Kier molecular flexibility index (Phi) is 5.55. The van der Waals surface area contributed by atoms with Crippen LogP contribution in [0, 0.1) is 5.82 Å². The standard InChI is InChI=1S/C24H28FN5O2/c1-2-23(31)29-10-8-20-19(15-29)24(32)30-22(26-20)12-21(27-30)17-6-4-9-28(14-17)13-16-5-3-7-18(25)11-16/h3,5,7,11-12,17,27H,2,4,6,8-10,13-15H2,1H3. The average molecular weight is 438 g/mol. The molecule has 1 amide bonds. The molecule has 3 aromatic rings. The third kappa shape index (κ3) is 3.95. The number of nitrogens with one attached hydrogen (secondary N) is 1. The summed E-state index contributed by atoms with van der Waals surface area (Å²) in [5.41, 5.74) is 3.91. The van der Waals surface area contributed by atoms with Crippen molar-refractivity contribution in [2.24, 2.45) is 0 Å². The van der Waals surface area contributed by atoms with Crippen LogP contribution in [0.2, 0.25) is 0 Å². The Balaban J connectivity index is 1.38. The summed E-state index contributed by atoms with van der Waals surface area (Å²) in [5.74, 6) is 0.113. The van der Waals surface area contributed by atoms with E-state index in [1.807, 2.05) is 19.1 Å². The lowest BCUT2D eigenvalue weighted by molar-refractivity contribution is -0.131. The summed E-state index contributed by atoms with van der Waals surface area (Å²) in [5, 5.41) is 3.29. The molecule has 1 saturated heterocycles. The van der Waals surface area contributed by atoms with Crippen LogP contribution in [0.1, 0.15) is 54.6 Å². The fraction of sp³-hybridized carbons (Fsp3) is 0.458. The Bertz CT molecular complexity index is 1220. The van der Waals surface area contributed by atoms with Crippen molar-refractivity contribution in [2.45, 2.75) is 51.6 Å². The van der Waals surface area contributed by atoms with Crippen LogP contribution in [-0.4, -0.2) is 49.9 Å². The highest BCUT2D eigenvalue weighted by Crippen LogP contribution is 2.28. The van der Waals surface area contributed by atoms with Crippen LogP contribution < -0.4 is 5.56 Å². The van der Waals surface area contributed by atoms with Crippen LogP contribution in [0.25, 0.3) is 5.65 Å². The number of hydrogen-bond acceptors (Lipinski definition) is 4. The molecule has 1 unspecified atom stereocenters. The van der Waals surface area contributed by atoms with Gasteiger partial charge in [0.1, 0.15) is 5.82 Å². The van der Waals surface area contributed by atoms with E-state index in [4.69, 9.17) is 4.98 Å². The number of fused-ring (bicyclic) bond motifs is 2. The van der Waals surface area contributed by atoms with Gasteiger partial charge in [-0.2, -0.15) is 0 Å². The predicted octanol–water partition coefficient (Wildman–Crippen LogP) is 2.84. The monoisotopic (exact) mass is 437 g/mol. The normalized spacial score (nSPS) is 19.3. The largest absolute Gasteiger partial charge is 0.338 e. The second-order valence-corrected chi connectivity index (χ2v) is 8.87. The number of aromatic amines is 1. The number of nitrogens with zero attached hydrogens (tertiary/aromatic N) is 4. The smallest absolute Gasteiger partial charge is 0.277 e. The Labute approximate surface area is 185 Å². The zero-order valence-electron chi connectivity index (χ0n) is 18.3. The SMILES string of the molecule is CCC(=O)N1CCc2nc3cc(C4CCCN(Cc5cccc(F)c5)C4)[nH]n3c(=O)c2C1. The Morgan fingerprint density at radius 3 is 2.97 bits per heavy atom. The van der Waals surface area contributed by atoms with Gasteiger partial charge in [0, 0.05) is 50.2 Å². The Morgan fingerprint density at radius 2 is 2.16 bits per heavy atom. The summed E-state index contributed by atoms with van der Waals surface area (Å²) < 4.78 is 15.1. The summed E-state index contributed by atoms with van der Waals surface area (Å²) in [7, 11) is 0. The van der Waals surface area contributed by atoms with E-state index in [0.29, 0.717) is 43.7 Å². The number of rotatable bonds is 4. The van der Waals surface area contributed by atoms with Crippen LogP contribution in [0.5, 0.6) is 0 Å². The molecule has 4 heterocycles. The molecule has 0 saturated carbocycles. The highest BCUT2D eigenvalue weighted by molar-refractivity contribution is 5.76. The summed E-state index contributed by atoms with van der Waals surface area (Å²) in [6, 6.07) is 8.75. The van der Waals surface area contributed by atoms with E-state index in [1.54, 1.807) is 17.0 Å². The molecule has 1 aromatic carbocycles. The fourth-order valence-electron chi connectivity index (χ4n) is 4.99. The number of benzene rings is 1. The summed E-state index contributed by atoms with van der Waals surface area (Å²) in [6.07, 6.45) is 3.12. The second-order valence-electron chi connectivity index (χ2n) is 8.87. The van der Waals surface area contributed by atoms with Gasteiger partial charge < -0.3 is 4.90 Å². The molecule has 2 aromatic heterocycles. The van der Waals surface area contributed by atoms with Crippen molar-refractivity contribution < 1.29 is 9.18 Å². The van der Waals surface area contributed by atoms with Crippen molar-refractivity contribution in [2.75, 3.05) is 19.6 Å². The van der Waals surface area contributed by atoms with Crippen LogP contribution in [-0.2, 0) is 24.3 Å². The van der Waals surface area contributed by atoms with E-state index in [2.05, 4.69) is 10.00 Å². The summed E-state index contributed by atoms with van der Waals surface area (Å²) in [6.45, 7) is 5.30. The van der Waals surface area contributed by atoms with Gasteiger partial charge in [-0.1, -0.05) is 19.1 Å². The van der Waals surface area contributed by atoms with E-state index < -0.39 is 0 Å². The molecule has 32 heavy (non-hydrogen) atoms. The molecule has 0 bridgehead atoms. The molecule has 2 aliphatic rings. The number of piperidine rings is 1. The van der Waals surface area contributed by atoms with Gasteiger partial charge in [-0.25, -0.2) is 13.9 Å². The molecule has 168 valence electrons. The van der Waals surface area contributed by atoms with E-state index >= 15 is 0 Å². The minimum Gasteiger partial charge on any atom is -0.338 e. The molecule has 5 rings (SSSR count). The van der Waals surface area contributed by atoms with E-state index in [-0.39, 0.29) is 23.2 Å². The van der Waals surface area contributed by atoms with Gasteiger partial charge in [-0.15, -0.1) is 0 Å². The number of halogens is 1. The van der Waals surface area contributed by atoms with E-state index in [1.165, 1.54) is 10.6 Å². The second kappa shape index (κ2) is 8.50. The molecule has 1 atom stereocenters. The van der Waals surface area contributed by atoms with E-state index in [0.717, 1.165) is 42.9 Å². The maximum absolute atomic E-state index is 13.6. The molecule has 7 nitrogen and oxygen atoms in total. The Hall–Kier alpha value is -3.00. The van der Waals surface area contributed by atoms with Gasteiger partial charge >= 0.3 is 0 Å². The molecule has 0 aliphatic carbocycles. The van der Waals surface area contributed by atoms with Crippen molar-refractivity contribution in [3.63, 3.8) is 0 Å². The molecule has 1 N–H and O–H groups in total. The first-order valence-electron chi connectivity index (χ1n) is 11.4. The van der Waals surface area contributed by atoms with Gasteiger partial charge in [0.05, 0.1) is 17.8 Å². The molecule has 8 heteroatoms. The predicted molar refractivity (Wildman–Crippen MR) is 119 cm³/mol. The Morgan fingerprint density at radius 1 is 1.28 bits per heavy atom. The molecular weight excluding hydrogens is 409 g/mol. The maximum Gasteiger partial charge on any atom is 0.277 e. The minimum absolute atomic E-state index is 0.0629. The molecule has 2 aliphatic heterocycles. The van der Waals surface area contributed by atoms with Gasteiger partial charge in [0.2, 0.25) is 5.91 Å². The highest BCUT2D eigenvalue weighted by atomic mass is 19.1. The third-order valence-electron chi connectivity index (χ3n) is 6.68. The fourth-order valence-corrected chi connectivity index (χ4v) is 4.99. The number of carbonyl (C=O) groups excluding carboxylic acids is 1. The number of carbonyl (C=O) groups is 1. The van der Waals surface area contributed by atoms with Crippen LogP contribution in [0.4, 0.5) is 4.39 Å². The van der Waals surface area contributed by atoms with Gasteiger partial charge in [0.25, 0.3) is 5.56 Å². The van der Waals surface area contributed by atoms with Gasteiger partial charge in [-0.05, 0) is 37.1 Å². The summed E-state index contributed by atoms with van der Waals surface area (Å²) in [4.78, 5) is 34.1. The zero-order valence-corrected chi connectivity index (χ0v) is 18.3. The third-order valence-corrected chi connectivity index (χ3v) is 6.68. The van der Waals surface area contributed by atoms with Gasteiger partial charge in [0.15, 0.2) is 5.65 Å². The summed E-state index contributed by atoms with van der Waals surface area (Å²) >= 11 is 0. The number of aromatic nitrogens is 3. The average Bonchev–Trinajstić information content (AvgIpc) is 3.23. The topological polar surface area (TPSA) is 73.7 Å². The molecule has 0 radical (unpaired) electrons. The van der Waals surface area contributed by atoms with Crippen molar-refractivity contribution in [3.8, 4) is 0 Å². The van der Waals surface area contributed by atoms with E-state index in [9.17, 15) is 14.0 Å². The highest BCUT2D eigenvalue weighted by Gasteiger charge is 2.27. The molecule has 0 spiro atoms. The first-order valence-corrected chi connectivity index (χ1v) is 11.4. The van der Waals surface area contributed by atoms with Crippen LogP contribution in [0.3, 0.4) is 0 Å². The maximum atomic E-state index is 13.6. The van der Waals surface area contributed by atoms with Crippen molar-refractivity contribution >= 4 is 11.6 Å². The molecular formula is C24H28FN5O2. The van der Waals surface area contributed by atoms with Gasteiger partial charge in [-0.3, -0.25) is 19.6 Å². The van der Waals surface area contributed by atoms with Crippen molar-refractivity contribution in [1.29, 1.82) is 0 Å². The lowest BCUT2D eigenvalue weighted by atomic mass is 9.94. The lowest BCUT2D eigenvalue weighted by Crippen LogP contribution is -2.40. The number of amides is 1. The number of hydrogen-bond donors (Lipinski definition) is 1. The van der Waals surface area contributed by atoms with Crippen molar-refractivity contribution in [3.05, 3.63) is 69.0 Å². The zero-order chi connectivity index (χ0) is 22.2. The quantitative estimate of drug-likeness (QED) is 0.681. The van der Waals surface area contributed by atoms with Crippen LogP contribution >= 0.6 is 0 Å². The van der Waals surface area contributed by atoms with Crippen molar-refractivity contribution in [1.82, 2.24) is 24.4 Å². The first-order chi connectivity index (χ1) is 15.5. The lowest BCUT2D eigenvalue weighted by Gasteiger charge is -2.32. The molecule has 1 fully saturated rings. The number of H-pyrrole nitrogens is 1. The first kappa shape index (κ1) is 20.9. The minimum atomic E-state index is -0.208.